The molecule has 0 aliphatic carbocycles. The van der Waals surface area contributed by atoms with E-state index in [9.17, 15) is 13.2 Å². The van der Waals surface area contributed by atoms with Crippen molar-refractivity contribution in [1.82, 2.24) is 19.8 Å². The Kier molecular flexibility index (Phi) is 6.38. The van der Waals surface area contributed by atoms with Gasteiger partial charge in [0.25, 0.3) is 0 Å². The van der Waals surface area contributed by atoms with E-state index in [-0.39, 0.29) is 16.6 Å². The second-order valence-electron chi connectivity index (χ2n) is 8.14. The molecule has 8 nitrogen and oxygen atoms in total. The number of hydrogen-bond acceptors (Lipinski definition) is 6. The first kappa shape index (κ1) is 22.2. The minimum absolute atomic E-state index is 0.146. The Morgan fingerprint density at radius 2 is 1.81 bits per heavy atom. The van der Waals surface area contributed by atoms with Crippen LogP contribution in [0.15, 0.2) is 57.9 Å². The van der Waals surface area contributed by atoms with Crippen LogP contribution in [0.4, 0.5) is 0 Å². The largest absolute Gasteiger partial charge is 0.344 e. The van der Waals surface area contributed by atoms with Crippen LogP contribution in [0.2, 0.25) is 0 Å². The first-order valence-corrected chi connectivity index (χ1v) is 12.1. The standard InChI is InChI=1S/C23H26N4O4S/c1-16-11-13-27(14-12-16)32(29,30)20-9-7-18(8-10-20)21-25-23(31-26-21)22(28)24-15-19-6-4-3-5-17(19)2/h3-10,16H,11-15H2,1-2H3,(H,24,28). The fourth-order valence-corrected chi connectivity index (χ4v) is 5.11. The lowest BCUT2D eigenvalue weighted by Crippen LogP contribution is -2.37. The van der Waals surface area contributed by atoms with E-state index in [1.54, 1.807) is 12.1 Å². The Bertz CT molecular complexity index is 1200. The second kappa shape index (κ2) is 9.22. The molecule has 1 saturated heterocycles. The summed E-state index contributed by atoms with van der Waals surface area (Å²) in [6.07, 6.45) is 1.74. The van der Waals surface area contributed by atoms with Gasteiger partial charge in [-0.05, 0) is 61.1 Å². The van der Waals surface area contributed by atoms with Crippen molar-refractivity contribution in [3.63, 3.8) is 0 Å². The van der Waals surface area contributed by atoms with Crippen molar-refractivity contribution < 1.29 is 17.7 Å². The highest BCUT2D eigenvalue weighted by molar-refractivity contribution is 7.89. The van der Waals surface area contributed by atoms with E-state index < -0.39 is 15.9 Å². The monoisotopic (exact) mass is 454 g/mol. The maximum Gasteiger partial charge on any atom is 0.316 e. The molecule has 168 valence electrons. The van der Waals surface area contributed by atoms with Gasteiger partial charge in [0, 0.05) is 25.2 Å². The first-order valence-electron chi connectivity index (χ1n) is 10.6. The van der Waals surface area contributed by atoms with Gasteiger partial charge in [-0.1, -0.05) is 36.3 Å². The molecule has 1 amide bonds. The third kappa shape index (κ3) is 4.73. The number of nitrogens with zero attached hydrogens (tertiary/aromatic N) is 3. The van der Waals surface area contributed by atoms with Gasteiger partial charge >= 0.3 is 11.8 Å². The van der Waals surface area contributed by atoms with Crippen LogP contribution >= 0.6 is 0 Å². The van der Waals surface area contributed by atoms with Crippen molar-refractivity contribution in [1.29, 1.82) is 0 Å². The highest BCUT2D eigenvalue weighted by Crippen LogP contribution is 2.25. The van der Waals surface area contributed by atoms with Crippen LogP contribution in [0.3, 0.4) is 0 Å². The van der Waals surface area contributed by atoms with Gasteiger partial charge in [-0.25, -0.2) is 8.42 Å². The first-order chi connectivity index (χ1) is 15.3. The quantitative estimate of drug-likeness (QED) is 0.612. The van der Waals surface area contributed by atoms with Crippen LogP contribution in [0.1, 0.15) is 41.6 Å². The summed E-state index contributed by atoms with van der Waals surface area (Å²) in [7, 11) is -3.52. The maximum atomic E-state index is 12.9. The minimum atomic E-state index is -3.52. The molecule has 2 aromatic carbocycles. The van der Waals surface area contributed by atoms with E-state index in [0.29, 0.717) is 31.1 Å². The van der Waals surface area contributed by atoms with Gasteiger partial charge in [0.05, 0.1) is 4.90 Å². The molecule has 0 unspecified atom stereocenters. The van der Waals surface area contributed by atoms with Gasteiger partial charge in [0.1, 0.15) is 0 Å². The van der Waals surface area contributed by atoms with E-state index in [1.165, 1.54) is 16.4 Å². The number of carbonyl (C=O) groups excluding carboxylic acids is 1. The number of nitrogens with one attached hydrogen (secondary N) is 1. The molecule has 1 aliphatic heterocycles. The summed E-state index contributed by atoms with van der Waals surface area (Å²) in [5, 5.41) is 6.63. The molecule has 1 aliphatic rings. The molecule has 32 heavy (non-hydrogen) atoms. The predicted molar refractivity (Wildman–Crippen MR) is 119 cm³/mol. The van der Waals surface area contributed by atoms with Crippen molar-refractivity contribution in [2.75, 3.05) is 13.1 Å². The van der Waals surface area contributed by atoms with Crippen molar-refractivity contribution in [2.45, 2.75) is 38.1 Å². The lowest BCUT2D eigenvalue weighted by molar-refractivity contribution is 0.0907. The number of benzene rings is 2. The van der Waals surface area contributed by atoms with Crippen LogP contribution in [-0.2, 0) is 16.6 Å². The van der Waals surface area contributed by atoms with E-state index in [1.807, 2.05) is 31.2 Å². The zero-order valence-electron chi connectivity index (χ0n) is 18.1. The third-order valence-electron chi connectivity index (χ3n) is 5.81. The highest BCUT2D eigenvalue weighted by Gasteiger charge is 2.28. The fourth-order valence-electron chi connectivity index (χ4n) is 3.64. The summed E-state index contributed by atoms with van der Waals surface area (Å²) in [6, 6.07) is 14.1. The van der Waals surface area contributed by atoms with Gasteiger partial charge < -0.3 is 9.84 Å². The zero-order chi connectivity index (χ0) is 22.7. The Labute approximate surface area is 187 Å². The fraction of sp³-hybridized carbons (Fsp3) is 0.348. The Hall–Kier alpha value is -3.04. The molecule has 2 heterocycles. The van der Waals surface area contributed by atoms with Crippen LogP contribution in [0.5, 0.6) is 0 Å². The van der Waals surface area contributed by atoms with Crippen molar-refractivity contribution in [2.24, 2.45) is 5.92 Å². The molecule has 9 heteroatoms. The number of hydrogen-bond donors (Lipinski definition) is 1. The third-order valence-corrected chi connectivity index (χ3v) is 7.73. The van der Waals surface area contributed by atoms with Gasteiger partial charge in [-0.3, -0.25) is 4.79 Å². The van der Waals surface area contributed by atoms with E-state index in [4.69, 9.17) is 4.52 Å². The highest BCUT2D eigenvalue weighted by atomic mass is 32.2. The molecule has 0 spiro atoms. The summed E-state index contributed by atoms with van der Waals surface area (Å²) in [4.78, 5) is 16.8. The molecule has 1 fully saturated rings. The number of carbonyl (C=O) groups is 1. The van der Waals surface area contributed by atoms with Crippen LogP contribution in [-0.4, -0.2) is 41.9 Å². The number of sulfonamides is 1. The van der Waals surface area contributed by atoms with E-state index >= 15 is 0 Å². The molecule has 1 N–H and O–H groups in total. The van der Waals surface area contributed by atoms with Gasteiger partial charge in [-0.2, -0.15) is 9.29 Å². The molecular weight excluding hydrogens is 428 g/mol. The summed E-state index contributed by atoms with van der Waals surface area (Å²) >= 11 is 0. The van der Waals surface area contributed by atoms with E-state index in [0.717, 1.165) is 24.0 Å². The van der Waals surface area contributed by atoms with Crippen LogP contribution < -0.4 is 5.32 Å². The maximum absolute atomic E-state index is 12.9. The number of aromatic nitrogens is 2. The normalized spacial score (nSPS) is 15.6. The SMILES string of the molecule is Cc1ccccc1CNC(=O)c1nc(-c2ccc(S(=O)(=O)N3CCC(C)CC3)cc2)no1. The molecule has 0 saturated carbocycles. The van der Waals surface area contributed by atoms with Gasteiger partial charge in [-0.15, -0.1) is 0 Å². The van der Waals surface area contributed by atoms with Gasteiger partial charge in [0.15, 0.2) is 0 Å². The number of rotatable bonds is 6. The topological polar surface area (TPSA) is 105 Å². The lowest BCUT2D eigenvalue weighted by Gasteiger charge is -2.29. The second-order valence-corrected chi connectivity index (χ2v) is 10.1. The number of aryl methyl sites for hydroxylation is 1. The van der Waals surface area contributed by atoms with Crippen molar-refractivity contribution in [3.05, 3.63) is 65.5 Å². The van der Waals surface area contributed by atoms with Crippen molar-refractivity contribution >= 4 is 15.9 Å². The average molecular weight is 455 g/mol. The lowest BCUT2D eigenvalue weighted by atomic mass is 10.0. The zero-order valence-corrected chi connectivity index (χ0v) is 18.9. The smallest absolute Gasteiger partial charge is 0.316 e. The molecule has 3 aromatic rings. The summed E-state index contributed by atoms with van der Waals surface area (Å²) < 4.78 is 32.4. The summed E-state index contributed by atoms with van der Waals surface area (Å²) in [6.45, 7) is 5.54. The molecule has 1 aromatic heterocycles. The summed E-state index contributed by atoms with van der Waals surface area (Å²) in [5.41, 5.74) is 2.64. The molecule has 0 bridgehead atoms. The van der Waals surface area contributed by atoms with Crippen LogP contribution in [0, 0.1) is 12.8 Å². The molecule has 4 rings (SSSR count). The van der Waals surface area contributed by atoms with Crippen LogP contribution in [0.25, 0.3) is 11.4 Å². The molecule has 0 atom stereocenters. The van der Waals surface area contributed by atoms with Crippen molar-refractivity contribution in [3.8, 4) is 11.4 Å². The summed E-state index contributed by atoms with van der Waals surface area (Å²) in [5.74, 6) is 0.158. The minimum Gasteiger partial charge on any atom is -0.344 e. The Balaban J connectivity index is 1.43. The predicted octanol–water partition coefficient (Wildman–Crippen LogP) is 3.40. The Morgan fingerprint density at radius 3 is 2.50 bits per heavy atom. The Morgan fingerprint density at radius 1 is 1.12 bits per heavy atom. The average Bonchev–Trinajstić information content (AvgIpc) is 3.29. The van der Waals surface area contributed by atoms with Gasteiger partial charge in [0.2, 0.25) is 15.8 Å². The molecule has 0 radical (unpaired) electrons. The number of amides is 1. The molecular formula is C23H26N4O4S. The van der Waals surface area contributed by atoms with E-state index in [2.05, 4.69) is 22.4 Å². The number of piperidine rings is 1.